The molecule has 8 aromatic carbocycles. The normalized spacial score (nSPS) is 14.9. The van der Waals surface area contributed by atoms with Crippen LogP contribution in [0.4, 0.5) is 0 Å². The molecule has 6 aliphatic carbocycles. The van der Waals surface area contributed by atoms with Crippen LogP contribution in [0.15, 0.2) is 117 Å². The molecule has 0 atom stereocenters. The summed E-state index contributed by atoms with van der Waals surface area (Å²) in [6, 6.07) is 34.5. The number of phenols is 1. The molecule has 0 saturated carbocycles. The molecule has 4 heterocycles. The lowest BCUT2D eigenvalue weighted by molar-refractivity contribution is 0.0986. The summed E-state index contributed by atoms with van der Waals surface area (Å²) in [5, 5.41) is 30.7. The molecule has 0 unspecified atom stereocenters. The highest BCUT2D eigenvalue weighted by atomic mass is 16.3. The molecule has 562 valence electrons. The Morgan fingerprint density at radius 2 is 0.752 bits per heavy atom. The van der Waals surface area contributed by atoms with Crippen LogP contribution < -0.4 is 16.0 Å². The number of aromatic nitrogens is 4. The molecule has 0 amide bonds. The number of carbonyl (C=O) groups is 5. The number of allylic oxidation sites excluding steroid dienone is 3. The second kappa shape index (κ2) is 30.6. The van der Waals surface area contributed by atoms with Crippen LogP contribution in [0.5, 0.6) is 5.75 Å². The number of aryl methyl sites for hydroxylation is 8. The molecule has 0 saturated heterocycles. The first-order chi connectivity index (χ1) is 52.6. The molecule has 0 spiro atoms. The van der Waals surface area contributed by atoms with E-state index in [2.05, 4.69) is 180 Å². The summed E-state index contributed by atoms with van der Waals surface area (Å²) in [6.07, 6.45) is 12.0. The fourth-order valence-electron chi connectivity index (χ4n) is 19.1. The Kier molecular flexibility index (Phi) is 20.9. The third-order valence-electron chi connectivity index (χ3n) is 24.5. The zero-order valence-corrected chi connectivity index (χ0v) is 65.7. The molecule has 14 heteroatoms. The molecule has 14 nitrogen and oxygen atoms in total. The van der Waals surface area contributed by atoms with E-state index in [1.165, 1.54) is 139 Å². The average Bonchev–Trinajstić information content (AvgIpc) is 1.57. The Labute approximate surface area is 640 Å². The van der Waals surface area contributed by atoms with E-state index in [1.54, 1.807) is 19.1 Å². The summed E-state index contributed by atoms with van der Waals surface area (Å²) in [4.78, 5) is 63.5. The van der Waals surface area contributed by atoms with E-state index < -0.39 is 0 Å². The van der Waals surface area contributed by atoms with Crippen molar-refractivity contribution in [1.82, 2.24) is 39.1 Å². The highest BCUT2D eigenvalue weighted by Gasteiger charge is 2.33. The number of nitrogens with zero attached hydrogens (tertiary/aromatic N) is 5. The van der Waals surface area contributed by atoms with Crippen molar-refractivity contribution in [3.8, 4) is 5.75 Å². The topological polar surface area (TPSA) is 165 Å². The maximum atomic E-state index is 12.4. The van der Waals surface area contributed by atoms with Gasteiger partial charge in [-0.15, -0.1) is 0 Å². The number of rotatable bonds is 20. The monoisotopic (exact) mass is 1450 g/mol. The van der Waals surface area contributed by atoms with Gasteiger partial charge in [0.15, 0.2) is 28.9 Å². The summed E-state index contributed by atoms with van der Waals surface area (Å²) in [5.74, 6) is 0.721. The Bertz CT molecular complexity index is 5510. The molecule has 0 bridgehead atoms. The minimum Gasteiger partial charge on any atom is -0.507 e. The van der Waals surface area contributed by atoms with E-state index in [0.717, 1.165) is 180 Å². The lowest BCUT2D eigenvalue weighted by Gasteiger charge is -2.19. The van der Waals surface area contributed by atoms with Crippen LogP contribution in [-0.4, -0.2) is 115 Å². The second-order valence-electron chi connectivity index (χ2n) is 31.7. The van der Waals surface area contributed by atoms with E-state index in [1.807, 2.05) is 19.1 Å². The molecule has 109 heavy (non-hydrogen) atoms. The van der Waals surface area contributed by atoms with Gasteiger partial charge < -0.3 is 44.2 Å². The molecule has 4 N–H and O–H groups in total. The predicted molar refractivity (Wildman–Crippen MR) is 451 cm³/mol. The van der Waals surface area contributed by atoms with Crippen LogP contribution in [0, 0.1) is 6.92 Å². The summed E-state index contributed by atoms with van der Waals surface area (Å²) in [5.41, 5.74) is 30.3. The maximum Gasteiger partial charge on any atom is 0.163 e. The maximum absolute atomic E-state index is 12.4. The van der Waals surface area contributed by atoms with Gasteiger partial charge in [-0.2, -0.15) is 0 Å². The first-order valence-electron chi connectivity index (χ1n) is 40.2. The van der Waals surface area contributed by atoms with Gasteiger partial charge in [0.25, 0.3) is 0 Å². The number of phenolic OH excluding ortho intramolecular Hbond substituents is 1. The summed E-state index contributed by atoms with van der Waals surface area (Å²) in [7, 11) is 0. The Hall–Kier alpha value is -9.83. The number of Topliss-reactive ketones (excluding diaryl/α,β-unsaturated/α-hetero) is 5. The summed E-state index contributed by atoms with van der Waals surface area (Å²) in [6.45, 7) is 43.5. The van der Waals surface area contributed by atoms with Crippen LogP contribution in [0.2, 0.25) is 0 Å². The fourth-order valence-corrected chi connectivity index (χ4v) is 19.1. The Morgan fingerprint density at radius 1 is 0.422 bits per heavy atom. The van der Waals surface area contributed by atoms with Crippen molar-refractivity contribution in [2.45, 2.75) is 191 Å². The first kappa shape index (κ1) is 74.6. The van der Waals surface area contributed by atoms with Gasteiger partial charge in [-0.25, -0.2) is 0 Å². The highest BCUT2D eigenvalue weighted by molar-refractivity contribution is 6.21. The van der Waals surface area contributed by atoms with Crippen LogP contribution >= 0.6 is 0 Å². The van der Waals surface area contributed by atoms with Gasteiger partial charge in [0.2, 0.25) is 0 Å². The average molecular weight is 1460 g/mol. The molecule has 0 aliphatic heterocycles. The van der Waals surface area contributed by atoms with E-state index in [9.17, 15) is 29.1 Å². The zero-order valence-electron chi connectivity index (χ0n) is 65.7. The molecular weight excluding hydrogens is 1350 g/mol. The van der Waals surface area contributed by atoms with Crippen LogP contribution in [0.25, 0.3) is 104 Å². The molecule has 0 fully saturated rings. The third kappa shape index (κ3) is 13.3. The van der Waals surface area contributed by atoms with Gasteiger partial charge >= 0.3 is 0 Å². The third-order valence-corrected chi connectivity index (χ3v) is 24.5. The number of aromatic hydroxyl groups is 1. The predicted octanol–water partition coefficient (Wildman–Crippen LogP) is 19.2. The summed E-state index contributed by atoms with van der Waals surface area (Å²) < 4.78 is 9.56. The van der Waals surface area contributed by atoms with Crippen LogP contribution in [0.1, 0.15) is 215 Å². The largest absolute Gasteiger partial charge is 0.507 e. The van der Waals surface area contributed by atoms with E-state index in [-0.39, 0.29) is 17.3 Å². The second-order valence-corrected chi connectivity index (χ2v) is 31.7. The smallest absolute Gasteiger partial charge is 0.163 e. The fraction of sp³-hybridized carbons (Fsp3) is 0.379. The van der Waals surface area contributed by atoms with Crippen molar-refractivity contribution in [2.75, 3.05) is 45.8 Å². The highest BCUT2D eigenvalue weighted by Crippen LogP contribution is 2.48. The van der Waals surface area contributed by atoms with Gasteiger partial charge in [-0.3, -0.25) is 24.0 Å². The molecular formula is C95H106N8O6. The van der Waals surface area contributed by atoms with Gasteiger partial charge in [0.05, 0.1) is 11.1 Å². The van der Waals surface area contributed by atoms with Crippen molar-refractivity contribution >= 4 is 133 Å². The van der Waals surface area contributed by atoms with Crippen molar-refractivity contribution in [2.24, 2.45) is 0 Å². The molecule has 6 aliphatic rings. The summed E-state index contributed by atoms with van der Waals surface area (Å²) >= 11 is 0. The number of hydrogen-bond acceptors (Lipinski definition) is 10. The number of nitrogens with one attached hydrogen (secondary N) is 3. The number of ketones is 5. The van der Waals surface area contributed by atoms with E-state index in [4.69, 9.17) is 0 Å². The van der Waals surface area contributed by atoms with Gasteiger partial charge in [-0.05, 0) is 256 Å². The van der Waals surface area contributed by atoms with Crippen molar-refractivity contribution in [1.29, 1.82) is 0 Å². The lowest BCUT2D eigenvalue weighted by atomic mass is 9.97. The minimum absolute atomic E-state index is 0.0145. The molecule has 18 rings (SSSR count). The van der Waals surface area contributed by atoms with Crippen molar-refractivity contribution in [3.05, 3.63) is 200 Å². The Morgan fingerprint density at radius 3 is 1.12 bits per heavy atom. The van der Waals surface area contributed by atoms with Gasteiger partial charge in [0.1, 0.15) is 5.75 Å². The number of carbonyl (C=O) groups excluding carboxylic acids is 5. The van der Waals surface area contributed by atoms with Gasteiger partial charge in [0, 0.05) is 187 Å². The van der Waals surface area contributed by atoms with Crippen molar-refractivity contribution in [3.63, 3.8) is 0 Å². The number of likely N-dealkylation sites (N-methyl/N-ethyl adjacent to an activating group) is 1. The van der Waals surface area contributed by atoms with Crippen molar-refractivity contribution < 1.29 is 29.1 Å². The van der Waals surface area contributed by atoms with E-state index in [0.29, 0.717) is 59.8 Å². The lowest BCUT2D eigenvalue weighted by Crippen LogP contribution is -2.26. The number of fused-ring (bicyclic) bond motifs is 24. The zero-order chi connectivity index (χ0) is 76.5. The molecule has 12 aromatic rings. The minimum atomic E-state index is -0.185. The molecule has 0 radical (unpaired) electrons. The van der Waals surface area contributed by atoms with Gasteiger partial charge in [-0.1, -0.05) is 86.4 Å². The molecule has 4 aromatic heterocycles. The van der Waals surface area contributed by atoms with Crippen LogP contribution in [0.3, 0.4) is 0 Å². The first-order valence-corrected chi connectivity index (χ1v) is 40.2. The van der Waals surface area contributed by atoms with Crippen LogP contribution in [-0.2, 0) is 64.7 Å². The SMILES string of the molecule is C=C1CCc2c1ccc1c2c2c3c(ccc2n1CCCNCC)C(=O)CC3.C=C1CCc2c1ccc1c2c2c3c(ccc2n1CCN(CC)CC)C(=O)CC3.C=C1CCc2c1ccc1c2c2c3c(ccc2n1CCNC(C)C)C(=O)CC3.CC(=O)c1cc2c3cc(C(C)=O)c(O)cc3n(CCNC(C)C)c2cc1C. The Balaban J connectivity index is 0.000000116. The standard InChI is InChI=1S/C25H28N2O.2C24H26N2O.C22H26N2O3/c1-4-26(5-2)14-15-27-21-11-8-17-16(3)6-7-19(17)24(21)25-20-10-13-23(28)18(20)9-12-22(25)27;1-14(2)25-12-13-26-20-9-6-16-15(3)4-5-18(16)23(20)24-19-8-11-22(27)17(19)7-10-21(24)26;1-3-25-13-4-14-26-20-10-7-16-15(2)5-6-18(16)23(20)24-19-9-12-22(27)17(19)8-11-21(24)26;1-12(2)23-6-7-24-20-8-13(3)16(14(4)25)9-18(20)19-10-17(15(5)26)22(27)11-21(19)24/h8-9,11-12H,3-7,10,13-15H2,1-2H3;6-7,9-10,14,25H,3-5,8,11-13H2,1-2H3;7-8,10-11,25H,2-6,9,12-14H2,1H3;8-12,23,27H,6-7H2,1-5H3. The number of benzene rings is 8. The number of hydrogen-bond donors (Lipinski definition) is 4. The quantitative estimate of drug-likeness (QED) is 0.0426. The van der Waals surface area contributed by atoms with E-state index >= 15 is 0 Å².